The van der Waals surface area contributed by atoms with Gasteiger partial charge in [-0.3, -0.25) is 5.10 Å². The Bertz CT molecular complexity index is 565. The fourth-order valence-corrected chi connectivity index (χ4v) is 3.07. The van der Waals surface area contributed by atoms with Crippen LogP contribution in [0.5, 0.6) is 0 Å². The molecule has 4 nitrogen and oxygen atoms in total. The van der Waals surface area contributed by atoms with Crippen molar-refractivity contribution in [2.24, 2.45) is 5.92 Å². The van der Waals surface area contributed by atoms with Crippen molar-refractivity contribution in [1.29, 1.82) is 0 Å². The van der Waals surface area contributed by atoms with Crippen LogP contribution in [0, 0.1) is 12.8 Å². The minimum absolute atomic E-state index is 0.442. The zero-order valence-electron chi connectivity index (χ0n) is 13.2. The number of aryl methyl sites for hydroxylation is 1. The van der Waals surface area contributed by atoms with E-state index in [0.29, 0.717) is 6.04 Å². The third-order valence-electron chi connectivity index (χ3n) is 2.95. The molecule has 0 aliphatic carbocycles. The van der Waals surface area contributed by atoms with E-state index in [9.17, 15) is 0 Å². The van der Waals surface area contributed by atoms with Crippen molar-refractivity contribution in [3.05, 3.63) is 30.1 Å². The van der Waals surface area contributed by atoms with E-state index in [4.69, 9.17) is 0 Å². The van der Waals surface area contributed by atoms with Gasteiger partial charge in [-0.25, -0.2) is 4.98 Å². The molecule has 1 aromatic carbocycles. The smallest absolute Gasteiger partial charge is 0.181 e. The first kappa shape index (κ1) is 15.9. The van der Waals surface area contributed by atoms with Gasteiger partial charge in [-0.2, -0.15) is 16.9 Å². The number of nitrogens with zero attached hydrogens (tertiary/aromatic N) is 2. The zero-order valence-corrected chi connectivity index (χ0v) is 14.0. The molecule has 1 aromatic heterocycles. The van der Waals surface area contributed by atoms with Gasteiger partial charge in [0.25, 0.3) is 0 Å². The Morgan fingerprint density at radius 2 is 2.05 bits per heavy atom. The highest BCUT2D eigenvalue weighted by molar-refractivity contribution is 7.99. The van der Waals surface area contributed by atoms with Gasteiger partial charge in [-0.1, -0.05) is 26.0 Å². The lowest BCUT2D eigenvalue weighted by Gasteiger charge is -2.16. The lowest BCUT2D eigenvalue weighted by atomic mass is 10.2. The van der Waals surface area contributed by atoms with E-state index < -0.39 is 0 Å². The minimum atomic E-state index is 0.442. The Balaban J connectivity index is 1.95. The molecule has 21 heavy (non-hydrogen) atoms. The molecule has 0 spiro atoms. The number of nitrogens with one attached hydrogen (secondary N) is 2. The lowest BCUT2D eigenvalue weighted by Crippen LogP contribution is -2.18. The summed E-state index contributed by atoms with van der Waals surface area (Å²) in [5, 5.41) is 10.6. The van der Waals surface area contributed by atoms with Crippen LogP contribution in [-0.4, -0.2) is 32.7 Å². The Morgan fingerprint density at radius 3 is 2.71 bits per heavy atom. The molecule has 0 aliphatic rings. The number of aromatic nitrogens is 3. The fourth-order valence-electron chi connectivity index (χ4n) is 2.03. The van der Waals surface area contributed by atoms with Crippen LogP contribution < -0.4 is 5.32 Å². The molecule has 0 radical (unpaired) electrons. The second-order valence-corrected chi connectivity index (χ2v) is 6.88. The number of rotatable bonds is 7. The van der Waals surface area contributed by atoms with Crippen molar-refractivity contribution in [1.82, 2.24) is 15.2 Å². The molecule has 1 atom stereocenters. The predicted molar refractivity (Wildman–Crippen MR) is 91.8 cm³/mol. The Hall–Kier alpha value is -1.49. The van der Waals surface area contributed by atoms with Crippen molar-refractivity contribution in [3.8, 4) is 11.4 Å². The molecule has 2 rings (SSSR count). The van der Waals surface area contributed by atoms with Crippen LogP contribution >= 0.6 is 11.8 Å². The summed E-state index contributed by atoms with van der Waals surface area (Å²) in [7, 11) is 0. The van der Waals surface area contributed by atoms with E-state index >= 15 is 0 Å². The average molecular weight is 304 g/mol. The third-order valence-corrected chi connectivity index (χ3v) is 4.59. The lowest BCUT2D eigenvalue weighted by molar-refractivity contribution is 0.748. The van der Waals surface area contributed by atoms with Gasteiger partial charge in [0.05, 0.1) is 0 Å². The van der Waals surface area contributed by atoms with Crippen LogP contribution in [-0.2, 0) is 0 Å². The highest BCUT2D eigenvalue weighted by atomic mass is 32.2. The number of benzene rings is 1. The van der Waals surface area contributed by atoms with Crippen LogP contribution in [0.3, 0.4) is 0 Å². The molecular weight excluding hydrogens is 280 g/mol. The third kappa shape index (κ3) is 5.08. The molecule has 5 heteroatoms. The van der Waals surface area contributed by atoms with E-state index in [1.165, 1.54) is 5.75 Å². The van der Waals surface area contributed by atoms with Gasteiger partial charge in [0.1, 0.15) is 5.82 Å². The molecule has 0 fully saturated rings. The summed E-state index contributed by atoms with van der Waals surface area (Å²) in [6, 6.07) is 8.71. The minimum Gasteiger partial charge on any atom is -0.382 e. The van der Waals surface area contributed by atoms with Gasteiger partial charge in [-0.15, -0.1) is 0 Å². The van der Waals surface area contributed by atoms with Crippen LogP contribution in [0.1, 0.15) is 26.6 Å². The molecule has 2 N–H and O–H groups in total. The summed E-state index contributed by atoms with van der Waals surface area (Å²) in [5.41, 5.74) is 2.15. The van der Waals surface area contributed by atoms with Crippen molar-refractivity contribution in [3.63, 3.8) is 0 Å². The largest absolute Gasteiger partial charge is 0.382 e. The fraction of sp³-hybridized carbons (Fsp3) is 0.500. The van der Waals surface area contributed by atoms with Crippen LogP contribution in [0.15, 0.2) is 24.3 Å². The molecule has 114 valence electrons. The van der Waals surface area contributed by atoms with Gasteiger partial charge >= 0.3 is 0 Å². The molecule has 1 unspecified atom stereocenters. The van der Waals surface area contributed by atoms with Crippen LogP contribution in [0.25, 0.3) is 11.4 Å². The van der Waals surface area contributed by atoms with E-state index in [0.717, 1.165) is 34.6 Å². The molecule has 0 saturated heterocycles. The quantitative estimate of drug-likeness (QED) is 0.812. The number of thioether (sulfide) groups is 1. The average Bonchev–Trinajstić information content (AvgIpc) is 2.85. The van der Waals surface area contributed by atoms with Crippen LogP contribution in [0.4, 0.5) is 5.69 Å². The SMILES string of the molecule is Cc1nc(-c2cccc(NC(C)CSCC(C)C)c2)n[nH]1. The highest BCUT2D eigenvalue weighted by Gasteiger charge is 2.07. The van der Waals surface area contributed by atoms with Crippen molar-refractivity contribution < 1.29 is 0 Å². The summed E-state index contributed by atoms with van der Waals surface area (Å²) in [4.78, 5) is 4.37. The highest BCUT2D eigenvalue weighted by Crippen LogP contribution is 2.20. The Kier molecular flexibility index (Phi) is 5.67. The predicted octanol–water partition coefficient (Wildman–Crippen LogP) is 3.97. The van der Waals surface area contributed by atoms with Crippen molar-refractivity contribution in [2.45, 2.75) is 33.7 Å². The maximum Gasteiger partial charge on any atom is 0.181 e. The van der Waals surface area contributed by atoms with E-state index in [-0.39, 0.29) is 0 Å². The van der Waals surface area contributed by atoms with Crippen molar-refractivity contribution in [2.75, 3.05) is 16.8 Å². The first-order chi connectivity index (χ1) is 10.0. The number of H-pyrrole nitrogens is 1. The van der Waals surface area contributed by atoms with E-state index in [1.807, 2.05) is 30.8 Å². The Morgan fingerprint density at radius 1 is 1.24 bits per heavy atom. The molecule has 0 saturated carbocycles. The van der Waals surface area contributed by atoms with E-state index in [1.54, 1.807) is 0 Å². The normalized spacial score (nSPS) is 12.6. The number of anilines is 1. The summed E-state index contributed by atoms with van der Waals surface area (Å²) < 4.78 is 0. The molecule has 0 aliphatic heterocycles. The molecular formula is C16H24N4S. The Labute approximate surface area is 131 Å². The molecule has 1 heterocycles. The van der Waals surface area contributed by atoms with Gasteiger partial charge < -0.3 is 5.32 Å². The second-order valence-electron chi connectivity index (χ2n) is 5.80. The first-order valence-electron chi connectivity index (χ1n) is 7.38. The van der Waals surface area contributed by atoms with Crippen LogP contribution in [0.2, 0.25) is 0 Å². The van der Waals surface area contributed by atoms with Gasteiger partial charge in [-0.05, 0) is 37.7 Å². The molecule has 2 aromatic rings. The van der Waals surface area contributed by atoms with E-state index in [2.05, 4.69) is 53.4 Å². The number of hydrogen-bond acceptors (Lipinski definition) is 4. The maximum absolute atomic E-state index is 4.37. The standard InChI is InChI=1S/C16H24N4S/c1-11(2)9-21-10-12(3)17-15-7-5-6-14(8-15)16-18-13(4)19-20-16/h5-8,11-12,17H,9-10H2,1-4H3,(H,18,19,20). The maximum atomic E-state index is 4.37. The summed E-state index contributed by atoms with van der Waals surface area (Å²) >= 11 is 2.00. The van der Waals surface area contributed by atoms with Gasteiger partial charge in [0.15, 0.2) is 5.82 Å². The number of hydrogen-bond donors (Lipinski definition) is 2. The summed E-state index contributed by atoms with van der Waals surface area (Å²) in [5.74, 6) is 4.66. The zero-order chi connectivity index (χ0) is 15.2. The molecule has 0 bridgehead atoms. The first-order valence-corrected chi connectivity index (χ1v) is 8.54. The summed E-state index contributed by atoms with van der Waals surface area (Å²) in [6.07, 6.45) is 0. The summed E-state index contributed by atoms with van der Waals surface area (Å²) in [6.45, 7) is 8.64. The second kappa shape index (κ2) is 7.50. The molecule has 0 amide bonds. The topological polar surface area (TPSA) is 53.6 Å². The number of aromatic amines is 1. The van der Waals surface area contributed by atoms with Gasteiger partial charge in [0, 0.05) is 23.0 Å². The van der Waals surface area contributed by atoms with Gasteiger partial charge in [0.2, 0.25) is 0 Å². The monoisotopic (exact) mass is 304 g/mol. The van der Waals surface area contributed by atoms with Crippen molar-refractivity contribution >= 4 is 17.4 Å².